The first-order chi connectivity index (χ1) is 15.8. The molecule has 10 heteroatoms. The highest BCUT2D eigenvalue weighted by Crippen LogP contribution is 2.36. The normalized spacial score (nSPS) is 10.4. The van der Waals surface area contributed by atoms with Gasteiger partial charge in [-0.25, -0.2) is 9.97 Å². The van der Waals surface area contributed by atoms with Crippen molar-refractivity contribution in [3.05, 3.63) is 103 Å². The maximum atomic E-state index is 9.11. The molecule has 33 heavy (non-hydrogen) atoms. The predicted molar refractivity (Wildman–Crippen MR) is 136 cm³/mol. The van der Waals surface area contributed by atoms with E-state index >= 15 is 0 Å². The first kappa shape index (κ1) is 25.9. The number of aliphatic hydroxyl groups excluding tert-OH is 1. The standard InChI is InChI=1S/C12H6Cl4O.C11H8Cl2N2O/c13-7-1-3-11(9(15)5-7)17-12-4-2-8(14)6-10(12)16;12-9-5-10(13)8(4-7(9)6-16)11-14-2-1-3-15-11/h1-6H;1-5,16H,6H2. The molecule has 0 amide bonds. The summed E-state index contributed by atoms with van der Waals surface area (Å²) in [5.41, 5.74) is 1.27. The van der Waals surface area contributed by atoms with Gasteiger partial charge in [-0.3, -0.25) is 0 Å². The van der Waals surface area contributed by atoms with Crippen molar-refractivity contribution in [1.29, 1.82) is 0 Å². The number of aromatic nitrogens is 2. The Morgan fingerprint density at radius 3 is 1.70 bits per heavy atom. The van der Waals surface area contributed by atoms with E-state index in [0.29, 0.717) is 58.6 Å². The van der Waals surface area contributed by atoms with Crippen LogP contribution in [0.1, 0.15) is 5.56 Å². The summed E-state index contributed by atoms with van der Waals surface area (Å²) in [4.78, 5) is 8.19. The second-order valence-corrected chi connectivity index (χ2v) is 8.91. The zero-order valence-corrected chi connectivity index (χ0v) is 21.1. The van der Waals surface area contributed by atoms with Gasteiger partial charge in [0.05, 0.1) is 21.7 Å². The van der Waals surface area contributed by atoms with Crippen molar-refractivity contribution < 1.29 is 9.84 Å². The van der Waals surface area contributed by atoms with Crippen LogP contribution in [-0.2, 0) is 6.61 Å². The number of hydrogen-bond donors (Lipinski definition) is 1. The third-order valence-electron chi connectivity index (χ3n) is 4.12. The molecular weight excluding hydrogens is 549 g/mol. The third-order valence-corrected chi connectivity index (χ3v) is 5.85. The highest BCUT2D eigenvalue weighted by molar-refractivity contribution is 6.37. The smallest absolute Gasteiger partial charge is 0.160 e. The van der Waals surface area contributed by atoms with Crippen molar-refractivity contribution in [3.8, 4) is 22.9 Å². The molecule has 0 fully saturated rings. The maximum Gasteiger partial charge on any atom is 0.160 e. The van der Waals surface area contributed by atoms with Gasteiger partial charge in [-0.15, -0.1) is 0 Å². The van der Waals surface area contributed by atoms with Gasteiger partial charge in [0, 0.05) is 33.0 Å². The quantitative estimate of drug-likeness (QED) is 0.269. The highest BCUT2D eigenvalue weighted by Gasteiger charge is 2.10. The summed E-state index contributed by atoms with van der Waals surface area (Å²) in [6.45, 7) is -0.143. The van der Waals surface area contributed by atoms with E-state index in [4.69, 9.17) is 79.4 Å². The van der Waals surface area contributed by atoms with Gasteiger partial charge < -0.3 is 9.84 Å². The van der Waals surface area contributed by atoms with Crippen LogP contribution in [0.3, 0.4) is 0 Å². The summed E-state index contributed by atoms with van der Waals surface area (Å²) in [5, 5.41) is 11.9. The lowest BCUT2D eigenvalue weighted by atomic mass is 10.1. The molecule has 1 N–H and O–H groups in total. The molecule has 0 aliphatic carbocycles. The van der Waals surface area contributed by atoms with Gasteiger partial charge in [0.2, 0.25) is 0 Å². The van der Waals surface area contributed by atoms with Gasteiger partial charge in [-0.1, -0.05) is 69.6 Å². The molecule has 1 aromatic heterocycles. The van der Waals surface area contributed by atoms with Gasteiger partial charge in [-0.05, 0) is 60.2 Å². The molecule has 0 spiro atoms. The fourth-order valence-electron chi connectivity index (χ4n) is 2.56. The topological polar surface area (TPSA) is 55.2 Å². The first-order valence-corrected chi connectivity index (χ1v) is 11.5. The summed E-state index contributed by atoms with van der Waals surface area (Å²) in [6, 6.07) is 14.9. The SMILES string of the molecule is Clc1ccc(Oc2ccc(Cl)cc2Cl)c(Cl)c1.OCc1cc(-c2ncccn2)c(Cl)cc1Cl. The Hall–Kier alpha value is -1.76. The predicted octanol–water partition coefficient (Wildman–Crippen LogP) is 9.04. The van der Waals surface area contributed by atoms with Crippen LogP contribution in [0, 0.1) is 0 Å². The number of halogens is 6. The second-order valence-electron chi connectivity index (χ2n) is 6.41. The molecule has 0 saturated heterocycles. The Kier molecular flexibility index (Phi) is 9.47. The molecule has 1 heterocycles. The fourth-order valence-corrected chi connectivity index (χ4v) is 3.98. The number of benzene rings is 3. The van der Waals surface area contributed by atoms with Gasteiger partial charge in [0.15, 0.2) is 5.82 Å². The van der Waals surface area contributed by atoms with E-state index in [1.54, 1.807) is 67.0 Å². The number of rotatable bonds is 4. The minimum absolute atomic E-state index is 0.143. The molecule has 4 aromatic rings. The molecular formula is C23H14Cl6N2O2. The number of hydrogen-bond acceptors (Lipinski definition) is 4. The summed E-state index contributed by atoms with van der Waals surface area (Å²) >= 11 is 35.5. The molecule has 0 radical (unpaired) electrons. The lowest BCUT2D eigenvalue weighted by Crippen LogP contribution is -1.92. The average Bonchev–Trinajstić information content (AvgIpc) is 2.78. The Balaban J connectivity index is 0.000000186. The zero-order chi connectivity index (χ0) is 24.0. The molecule has 0 atom stereocenters. The van der Waals surface area contributed by atoms with Crippen LogP contribution in [0.4, 0.5) is 0 Å². The van der Waals surface area contributed by atoms with Crippen molar-refractivity contribution in [1.82, 2.24) is 9.97 Å². The molecule has 3 aromatic carbocycles. The van der Waals surface area contributed by atoms with Crippen LogP contribution in [0.2, 0.25) is 30.1 Å². The van der Waals surface area contributed by atoms with E-state index in [0.717, 1.165) is 0 Å². The Labute approximate surface area is 220 Å². The zero-order valence-electron chi connectivity index (χ0n) is 16.6. The summed E-state index contributed by atoms with van der Waals surface area (Å²) in [6.07, 6.45) is 3.26. The van der Waals surface area contributed by atoms with Crippen LogP contribution in [-0.4, -0.2) is 15.1 Å². The molecule has 0 bridgehead atoms. The van der Waals surface area contributed by atoms with Crippen molar-refractivity contribution in [2.75, 3.05) is 0 Å². The van der Waals surface area contributed by atoms with Crippen molar-refractivity contribution in [2.45, 2.75) is 6.61 Å². The highest BCUT2D eigenvalue weighted by atomic mass is 35.5. The number of nitrogens with zero attached hydrogens (tertiary/aromatic N) is 2. The molecule has 4 rings (SSSR count). The van der Waals surface area contributed by atoms with Crippen LogP contribution in [0.25, 0.3) is 11.4 Å². The van der Waals surface area contributed by atoms with E-state index in [1.807, 2.05) is 0 Å². The van der Waals surface area contributed by atoms with Crippen LogP contribution in [0.5, 0.6) is 11.5 Å². The molecule has 4 nitrogen and oxygen atoms in total. The van der Waals surface area contributed by atoms with E-state index in [2.05, 4.69) is 9.97 Å². The van der Waals surface area contributed by atoms with Crippen molar-refractivity contribution in [3.63, 3.8) is 0 Å². The lowest BCUT2D eigenvalue weighted by Gasteiger charge is -2.09. The van der Waals surface area contributed by atoms with Gasteiger partial charge in [0.25, 0.3) is 0 Å². The second kappa shape index (κ2) is 12.1. The molecule has 170 valence electrons. The van der Waals surface area contributed by atoms with Gasteiger partial charge in [0.1, 0.15) is 11.5 Å². The first-order valence-electron chi connectivity index (χ1n) is 9.22. The van der Waals surface area contributed by atoms with E-state index < -0.39 is 0 Å². The Bertz CT molecular complexity index is 1210. The number of aliphatic hydroxyl groups is 1. The molecule has 0 aliphatic rings. The number of ether oxygens (including phenoxy) is 1. The summed E-state index contributed by atoms with van der Waals surface area (Å²) < 4.78 is 5.57. The average molecular weight is 563 g/mol. The third kappa shape index (κ3) is 7.11. The fraction of sp³-hybridized carbons (Fsp3) is 0.0435. The van der Waals surface area contributed by atoms with Gasteiger partial charge >= 0.3 is 0 Å². The summed E-state index contributed by atoms with van der Waals surface area (Å²) in [7, 11) is 0. The largest absolute Gasteiger partial charge is 0.454 e. The van der Waals surface area contributed by atoms with Crippen molar-refractivity contribution >= 4 is 69.6 Å². The lowest BCUT2D eigenvalue weighted by molar-refractivity contribution is 0.282. The van der Waals surface area contributed by atoms with E-state index in [9.17, 15) is 0 Å². The minimum atomic E-state index is -0.143. The van der Waals surface area contributed by atoms with E-state index in [-0.39, 0.29) is 6.61 Å². The minimum Gasteiger partial charge on any atom is -0.454 e. The van der Waals surface area contributed by atoms with Crippen LogP contribution in [0.15, 0.2) is 67.0 Å². The molecule has 0 saturated carbocycles. The summed E-state index contributed by atoms with van der Waals surface area (Å²) in [5.74, 6) is 1.49. The van der Waals surface area contributed by atoms with Crippen LogP contribution < -0.4 is 4.74 Å². The molecule has 0 aliphatic heterocycles. The van der Waals surface area contributed by atoms with Crippen molar-refractivity contribution in [2.24, 2.45) is 0 Å². The van der Waals surface area contributed by atoms with Gasteiger partial charge in [-0.2, -0.15) is 0 Å². The Morgan fingerprint density at radius 1 is 0.667 bits per heavy atom. The van der Waals surface area contributed by atoms with Crippen LogP contribution >= 0.6 is 69.6 Å². The Morgan fingerprint density at radius 2 is 1.21 bits per heavy atom. The monoisotopic (exact) mass is 560 g/mol. The molecule has 0 unspecified atom stereocenters. The maximum absolute atomic E-state index is 9.11. The van der Waals surface area contributed by atoms with E-state index in [1.165, 1.54) is 0 Å².